The Labute approximate surface area is 120 Å². The Hall–Kier alpha value is -1.31. The van der Waals surface area contributed by atoms with E-state index in [4.69, 9.17) is 9.90 Å². The van der Waals surface area contributed by atoms with E-state index in [0.29, 0.717) is 12.1 Å². The van der Waals surface area contributed by atoms with Crippen LogP contribution in [0.15, 0.2) is 0 Å². The van der Waals surface area contributed by atoms with Crippen LogP contribution >= 0.6 is 0 Å². The molecule has 0 spiro atoms. The van der Waals surface area contributed by atoms with Crippen LogP contribution in [0.2, 0.25) is 0 Å². The lowest BCUT2D eigenvalue weighted by molar-refractivity contribution is -0.192. The van der Waals surface area contributed by atoms with Crippen LogP contribution in [0.25, 0.3) is 0 Å². The van der Waals surface area contributed by atoms with Crippen LogP contribution in [0.1, 0.15) is 32.1 Å². The van der Waals surface area contributed by atoms with E-state index >= 15 is 0 Å². The summed E-state index contributed by atoms with van der Waals surface area (Å²) < 4.78 is 31.7. The van der Waals surface area contributed by atoms with Crippen molar-refractivity contribution in [3.05, 3.63) is 0 Å². The normalized spacial score (nSPS) is 29.2. The average molecular weight is 308 g/mol. The third-order valence-electron chi connectivity index (χ3n) is 4.11. The van der Waals surface area contributed by atoms with Gasteiger partial charge < -0.3 is 10.4 Å². The van der Waals surface area contributed by atoms with Gasteiger partial charge in [-0.15, -0.1) is 0 Å². The van der Waals surface area contributed by atoms with Crippen LogP contribution in [0.3, 0.4) is 0 Å². The first-order chi connectivity index (χ1) is 9.77. The van der Waals surface area contributed by atoms with E-state index < -0.39 is 12.1 Å². The summed E-state index contributed by atoms with van der Waals surface area (Å²) in [5, 5.41) is 10.2. The maximum atomic E-state index is 11.2. The molecule has 3 fully saturated rings. The maximum Gasteiger partial charge on any atom is 0.490 e. The van der Waals surface area contributed by atoms with Crippen LogP contribution in [0.4, 0.5) is 13.2 Å². The van der Waals surface area contributed by atoms with Crippen molar-refractivity contribution in [2.75, 3.05) is 13.1 Å². The number of carbonyl (C=O) groups excluding carboxylic acids is 1. The van der Waals surface area contributed by atoms with Gasteiger partial charge in [-0.2, -0.15) is 13.2 Å². The second-order valence-corrected chi connectivity index (χ2v) is 5.81. The summed E-state index contributed by atoms with van der Waals surface area (Å²) in [4.78, 5) is 22.7. The zero-order valence-electron chi connectivity index (χ0n) is 11.5. The number of aliphatic carboxylic acids is 1. The summed E-state index contributed by atoms with van der Waals surface area (Å²) in [5.41, 5.74) is 0. The Balaban J connectivity index is 0.000000199. The van der Waals surface area contributed by atoms with Crippen LogP contribution in [0.5, 0.6) is 0 Å². The second kappa shape index (κ2) is 6.21. The maximum absolute atomic E-state index is 11.2. The van der Waals surface area contributed by atoms with Crippen molar-refractivity contribution in [1.82, 2.24) is 10.2 Å². The highest BCUT2D eigenvalue weighted by Crippen LogP contribution is 2.34. The van der Waals surface area contributed by atoms with Gasteiger partial charge in [-0.05, 0) is 31.6 Å². The molecule has 0 unspecified atom stereocenters. The van der Waals surface area contributed by atoms with Gasteiger partial charge in [0, 0.05) is 31.6 Å². The van der Waals surface area contributed by atoms with Gasteiger partial charge in [0.25, 0.3) is 0 Å². The first-order valence-electron chi connectivity index (χ1n) is 7.11. The Bertz CT molecular complexity index is 410. The van der Waals surface area contributed by atoms with Crippen molar-refractivity contribution < 1.29 is 27.9 Å². The Morgan fingerprint density at radius 1 is 1.29 bits per heavy atom. The molecule has 0 radical (unpaired) electrons. The standard InChI is InChI=1S/C11H18N2O.C2HF3O2/c14-11-4-3-10-9(12-11)5-6-13(10)7-8-1-2-8;3-2(4,5)1(6)7/h8-10H,1-7H2,(H,12,14);(H,6,7)/t9-,10+;/m1./s1. The molecule has 2 aliphatic heterocycles. The SMILES string of the molecule is O=C(O)C(F)(F)F.O=C1CC[C@H]2[C@@H](CCN2CC2CC2)N1. The molecule has 3 rings (SSSR count). The van der Waals surface area contributed by atoms with E-state index in [-0.39, 0.29) is 5.91 Å². The number of amides is 1. The van der Waals surface area contributed by atoms with Crippen molar-refractivity contribution in [3.8, 4) is 0 Å². The fourth-order valence-electron chi connectivity index (χ4n) is 2.89. The number of fused-ring (bicyclic) bond motifs is 1. The fraction of sp³-hybridized carbons (Fsp3) is 0.846. The first-order valence-corrected chi connectivity index (χ1v) is 7.11. The number of carbonyl (C=O) groups is 2. The van der Waals surface area contributed by atoms with Gasteiger partial charge in [0.1, 0.15) is 0 Å². The highest BCUT2D eigenvalue weighted by Gasteiger charge is 2.40. The minimum Gasteiger partial charge on any atom is -0.475 e. The number of nitrogens with one attached hydrogen (secondary N) is 1. The molecule has 1 saturated carbocycles. The molecular weight excluding hydrogens is 289 g/mol. The molecule has 2 atom stereocenters. The number of halogens is 3. The van der Waals surface area contributed by atoms with Crippen molar-refractivity contribution in [2.24, 2.45) is 5.92 Å². The van der Waals surface area contributed by atoms with Crippen LogP contribution in [0, 0.1) is 5.92 Å². The molecule has 1 amide bonds. The van der Waals surface area contributed by atoms with E-state index in [1.807, 2.05) is 0 Å². The van der Waals surface area contributed by atoms with E-state index in [9.17, 15) is 18.0 Å². The molecule has 0 aromatic rings. The summed E-state index contributed by atoms with van der Waals surface area (Å²) >= 11 is 0. The van der Waals surface area contributed by atoms with Gasteiger partial charge >= 0.3 is 12.1 Å². The fourth-order valence-corrected chi connectivity index (χ4v) is 2.89. The number of hydrogen-bond acceptors (Lipinski definition) is 3. The van der Waals surface area contributed by atoms with E-state index in [1.54, 1.807) is 0 Å². The molecular formula is C13H19F3N2O3. The molecule has 1 aliphatic carbocycles. The third-order valence-corrected chi connectivity index (χ3v) is 4.11. The topological polar surface area (TPSA) is 69.6 Å². The lowest BCUT2D eigenvalue weighted by Crippen LogP contribution is -2.49. The number of carboxylic acids is 1. The molecule has 0 aromatic carbocycles. The Morgan fingerprint density at radius 3 is 2.43 bits per heavy atom. The molecule has 2 saturated heterocycles. The first kappa shape index (κ1) is 16.1. The second-order valence-electron chi connectivity index (χ2n) is 5.81. The van der Waals surface area contributed by atoms with Crippen LogP contribution in [-0.4, -0.2) is 53.2 Å². The van der Waals surface area contributed by atoms with Crippen molar-refractivity contribution in [3.63, 3.8) is 0 Å². The van der Waals surface area contributed by atoms with Crippen LogP contribution < -0.4 is 5.32 Å². The Kier molecular flexibility index (Phi) is 4.75. The largest absolute Gasteiger partial charge is 0.490 e. The number of hydrogen-bond donors (Lipinski definition) is 2. The summed E-state index contributed by atoms with van der Waals surface area (Å²) in [5.74, 6) is -1.52. The number of carboxylic acid groups (broad SMARTS) is 1. The lowest BCUT2D eigenvalue weighted by Gasteiger charge is -2.32. The zero-order valence-corrected chi connectivity index (χ0v) is 11.5. The highest BCUT2D eigenvalue weighted by molar-refractivity contribution is 5.77. The lowest BCUT2D eigenvalue weighted by atomic mass is 9.99. The monoisotopic (exact) mass is 308 g/mol. The van der Waals surface area contributed by atoms with E-state index in [2.05, 4.69) is 10.2 Å². The molecule has 8 heteroatoms. The van der Waals surface area contributed by atoms with Crippen molar-refractivity contribution in [1.29, 1.82) is 0 Å². The number of piperidine rings is 1. The summed E-state index contributed by atoms with van der Waals surface area (Å²) in [6, 6.07) is 1.13. The molecule has 21 heavy (non-hydrogen) atoms. The predicted molar refractivity (Wildman–Crippen MR) is 67.6 cm³/mol. The minimum absolute atomic E-state index is 0.263. The van der Waals surface area contributed by atoms with Gasteiger partial charge in [0.15, 0.2) is 0 Å². The molecule has 2 N–H and O–H groups in total. The van der Waals surface area contributed by atoms with E-state index in [0.717, 1.165) is 18.8 Å². The molecule has 5 nitrogen and oxygen atoms in total. The van der Waals surface area contributed by atoms with Crippen molar-refractivity contribution in [2.45, 2.75) is 50.4 Å². The minimum atomic E-state index is -5.08. The molecule has 2 heterocycles. The molecule has 120 valence electrons. The van der Waals surface area contributed by atoms with Crippen LogP contribution in [-0.2, 0) is 9.59 Å². The van der Waals surface area contributed by atoms with Crippen molar-refractivity contribution >= 4 is 11.9 Å². The molecule has 0 aromatic heterocycles. The van der Waals surface area contributed by atoms with Gasteiger partial charge in [-0.25, -0.2) is 4.79 Å². The highest BCUT2D eigenvalue weighted by atomic mass is 19.4. The van der Waals surface area contributed by atoms with E-state index in [1.165, 1.54) is 32.4 Å². The number of alkyl halides is 3. The van der Waals surface area contributed by atoms with Gasteiger partial charge in [0.2, 0.25) is 5.91 Å². The molecule has 0 bridgehead atoms. The van der Waals surface area contributed by atoms with Gasteiger partial charge in [-0.1, -0.05) is 0 Å². The summed E-state index contributed by atoms with van der Waals surface area (Å²) in [7, 11) is 0. The summed E-state index contributed by atoms with van der Waals surface area (Å²) in [6.45, 7) is 2.49. The quantitative estimate of drug-likeness (QED) is 0.809. The predicted octanol–water partition coefficient (Wildman–Crippen LogP) is 1.38. The number of likely N-dealkylation sites (tertiary alicyclic amines) is 1. The zero-order chi connectivity index (χ0) is 15.6. The smallest absolute Gasteiger partial charge is 0.475 e. The number of rotatable bonds is 2. The average Bonchev–Trinajstić information content (AvgIpc) is 3.10. The number of nitrogens with zero attached hydrogens (tertiary/aromatic N) is 1. The molecule has 3 aliphatic rings. The van der Waals surface area contributed by atoms with Gasteiger partial charge in [0.05, 0.1) is 0 Å². The third kappa shape index (κ3) is 4.59. The summed E-state index contributed by atoms with van der Waals surface area (Å²) in [6.07, 6.45) is 0.773. The van der Waals surface area contributed by atoms with Gasteiger partial charge in [-0.3, -0.25) is 9.69 Å². The Morgan fingerprint density at radius 2 is 1.90 bits per heavy atom.